The normalized spacial score (nSPS) is 12.7. The fraction of sp³-hybridized carbons (Fsp3) is 0.333. The molecule has 0 saturated carbocycles. The molecule has 0 bridgehead atoms. The summed E-state index contributed by atoms with van der Waals surface area (Å²) >= 11 is 6.06. The highest BCUT2D eigenvalue weighted by Gasteiger charge is 2.30. The van der Waals surface area contributed by atoms with Crippen LogP contribution in [-0.4, -0.2) is 21.5 Å². The maximum absolute atomic E-state index is 12.1. The number of fused-ring (bicyclic) bond motifs is 1. The van der Waals surface area contributed by atoms with E-state index in [-0.39, 0.29) is 10.8 Å². The maximum Gasteiger partial charge on any atom is 0.330 e. The van der Waals surface area contributed by atoms with E-state index < -0.39 is 17.5 Å². The molecule has 1 aromatic heterocycles. The quantitative estimate of drug-likeness (QED) is 0.796. The largest absolute Gasteiger partial charge is 0.459 e. The van der Waals surface area contributed by atoms with Crippen LogP contribution in [0.5, 0.6) is 0 Å². The number of carbonyl (C=O) groups is 1. The molecule has 6 heteroatoms. The first-order valence-corrected chi connectivity index (χ1v) is 6.74. The van der Waals surface area contributed by atoms with Gasteiger partial charge in [-0.05, 0) is 32.9 Å². The molecule has 0 aliphatic heterocycles. The first kappa shape index (κ1) is 15.2. The zero-order chi connectivity index (χ0) is 15.6. The van der Waals surface area contributed by atoms with Crippen LogP contribution < -0.4 is 0 Å². The lowest BCUT2D eigenvalue weighted by Gasteiger charge is -2.21. The molecule has 0 aliphatic carbocycles. The highest BCUT2D eigenvalue weighted by molar-refractivity contribution is 6.30. The molecular formula is C15H14ClN3O2. The summed E-state index contributed by atoms with van der Waals surface area (Å²) in [5.74, 6) is -1.88. The van der Waals surface area contributed by atoms with Gasteiger partial charge in [0.2, 0.25) is 0 Å². The van der Waals surface area contributed by atoms with E-state index in [4.69, 9.17) is 16.3 Å². The smallest absolute Gasteiger partial charge is 0.330 e. The highest BCUT2D eigenvalue weighted by Crippen LogP contribution is 2.26. The molecule has 0 N–H and O–H groups in total. The maximum atomic E-state index is 12.1. The molecule has 0 spiro atoms. The minimum atomic E-state index is -1.20. The number of nitrogens with zero attached hydrogens (tertiary/aromatic N) is 3. The van der Waals surface area contributed by atoms with Crippen LogP contribution in [0.25, 0.3) is 11.0 Å². The third-order valence-corrected chi connectivity index (χ3v) is 2.88. The minimum Gasteiger partial charge on any atom is -0.459 e. The number of para-hydroxylation sites is 2. The summed E-state index contributed by atoms with van der Waals surface area (Å²) in [7, 11) is 0. The number of aromatic nitrogens is 2. The predicted molar refractivity (Wildman–Crippen MR) is 78.7 cm³/mol. The molecule has 2 aromatic rings. The number of carbonyl (C=O) groups excluding carboxylic acids is 1. The fourth-order valence-corrected chi connectivity index (χ4v) is 2.00. The highest BCUT2D eigenvalue weighted by atomic mass is 35.5. The Labute approximate surface area is 127 Å². The lowest BCUT2D eigenvalue weighted by molar-refractivity contribution is -0.155. The van der Waals surface area contributed by atoms with Crippen LogP contribution in [-0.2, 0) is 9.53 Å². The summed E-state index contributed by atoms with van der Waals surface area (Å²) in [6, 6.07) is 8.99. The van der Waals surface area contributed by atoms with Crippen molar-refractivity contribution in [1.82, 2.24) is 9.97 Å². The molecule has 2 rings (SSSR count). The lowest BCUT2D eigenvalue weighted by Crippen LogP contribution is -2.28. The Morgan fingerprint density at radius 1 is 1.29 bits per heavy atom. The van der Waals surface area contributed by atoms with Crippen molar-refractivity contribution in [2.75, 3.05) is 0 Å². The van der Waals surface area contributed by atoms with Crippen LogP contribution in [0.15, 0.2) is 24.3 Å². The summed E-state index contributed by atoms with van der Waals surface area (Å²) in [5, 5.41) is 9.30. The van der Waals surface area contributed by atoms with Gasteiger partial charge in [-0.15, -0.1) is 0 Å². The number of esters is 1. The van der Waals surface area contributed by atoms with E-state index in [2.05, 4.69) is 9.97 Å². The molecule has 0 aliphatic rings. The Hall–Kier alpha value is -2.19. The van der Waals surface area contributed by atoms with Crippen molar-refractivity contribution < 1.29 is 9.53 Å². The average molecular weight is 304 g/mol. The van der Waals surface area contributed by atoms with E-state index >= 15 is 0 Å². The van der Waals surface area contributed by atoms with Gasteiger partial charge in [0.25, 0.3) is 0 Å². The Bertz CT molecular complexity index is 732. The van der Waals surface area contributed by atoms with Gasteiger partial charge in [0, 0.05) is 0 Å². The molecule has 1 unspecified atom stereocenters. The molecule has 108 valence electrons. The molecule has 21 heavy (non-hydrogen) atoms. The second-order valence-corrected chi connectivity index (χ2v) is 5.84. The van der Waals surface area contributed by atoms with Gasteiger partial charge in [-0.3, -0.25) is 4.79 Å². The number of hydrogen-bond acceptors (Lipinski definition) is 5. The minimum absolute atomic E-state index is 0.0334. The monoisotopic (exact) mass is 303 g/mol. The number of nitriles is 1. The van der Waals surface area contributed by atoms with Gasteiger partial charge in [-0.1, -0.05) is 23.7 Å². The zero-order valence-corrected chi connectivity index (χ0v) is 12.7. The first-order chi connectivity index (χ1) is 9.81. The zero-order valence-electron chi connectivity index (χ0n) is 11.9. The Balaban J connectivity index is 2.45. The molecule has 0 saturated heterocycles. The van der Waals surface area contributed by atoms with Crippen molar-refractivity contribution >= 4 is 28.6 Å². The third kappa shape index (κ3) is 3.47. The molecule has 0 amide bonds. The number of benzene rings is 1. The van der Waals surface area contributed by atoms with Gasteiger partial charge in [-0.25, -0.2) is 9.97 Å². The lowest BCUT2D eigenvalue weighted by atomic mass is 10.1. The van der Waals surface area contributed by atoms with Gasteiger partial charge in [0.05, 0.1) is 17.1 Å². The number of halogens is 1. The fourth-order valence-electron chi connectivity index (χ4n) is 1.76. The van der Waals surface area contributed by atoms with Gasteiger partial charge in [0.1, 0.15) is 11.3 Å². The standard InChI is InChI=1S/C15H14ClN3O2/c1-15(2,3)21-14(20)9(8-17)12-13(16)19-11-7-5-4-6-10(11)18-12/h4-7,9H,1-3H3. The molecule has 5 nitrogen and oxygen atoms in total. The molecular weight excluding hydrogens is 290 g/mol. The van der Waals surface area contributed by atoms with Crippen LogP contribution in [0.1, 0.15) is 32.4 Å². The van der Waals surface area contributed by atoms with E-state index in [1.165, 1.54) is 0 Å². The Morgan fingerprint density at radius 2 is 1.86 bits per heavy atom. The second-order valence-electron chi connectivity index (χ2n) is 5.48. The van der Waals surface area contributed by atoms with Gasteiger partial charge < -0.3 is 4.74 Å². The molecule has 0 radical (unpaired) electrons. The van der Waals surface area contributed by atoms with E-state index in [1.807, 2.05) is 12.1 Å². The average Bonchev–Trinajstić information content (AvgIpc) is 2.38. The molecule has 0 fully saturated rings. The summed E-state index contributed by atoms with van der Waals surface area (Å²) < 4.78 is 5.22. The van der Waals surface area contributed by atoms with Crippen LogP contribution in [0.3, 0.4) is 0 Å². The van der Waals surface area contributed by atoms with Crippen molar-refractivity contribution in [3.63, 3.8) is 0 Å². The van der Waals surface area contributed by atoms with Crippen LogP contribution in [0.2, 0.25) is 5.15 Å². The number of ether oxygens (including phenoxy) is 1. The van der Waals surface area contributed by atoms with E-state index in [9.17, 15) is 10.1 Å². The SMILES string of the molecule is CC(C)(C)OC(=O)C(C#N)c1nc2ccccc2nc1Cl. The summed E-state index contributed by atoms with van der Waals surface area (Å²) in [6.45, 7) is 5.19. The molecule has 1 heterocycles. The van der Waals surface area contributed by atoms with E-state index in [0.29, 0.717) is 11.0 Å². The van der Waals surface area contributed by atoms with Gasteiger partial charge in [-0.2, -0.15) is 5.26 Å². The Morgan fingerprint density at radius 3 is 2.38 bits per heavy atom. The van der Waals surface area contributed by atoms with Gasteiger partial charge in [0.15, 0.2) is 11.1 Å². The summed E-state index contributed by atoms with van der Waals surface area (Å²) in [6.07, 6.45) is 0. The van der Waals surface area contributed by atoms with Crippen molar-refractivity contribution in [2.24, 2.45) is 0 Å². The second kappa shape index (κ2) is 5.66. The van der Waals surface area contributed by atoms with Crippen LogP contribution in [0, 0.1) is 11.3 Å². The first-order valence-electron chi connectivity index (χ1n) is 6.36. The van der Waals surface area contributed by atoms with Crippen molar-refractivity contribution in [1.29, 1.82) is 5.26 Å². The topological polar surface area (TPSA) is 75.9 Å². The van der Waals surface area contributed by atoms with Crippen LogP contribution >= 0.6 is 11.6 Å². The van der Waals surface area contributed by atoms with E-state index in [0.717, 1.165) is 0 Å². The predicted octanol–water partition coefficient (Wildman–Crippen LogP) is 3.23. The van der Waals surface area contributed by atoms with Gasteiger partial charge >= 0.3 is 5.97 Å². The van der Waals surface area contributed by atoms with E-state index in [1.54, 1.807) is 39.0 Å². The summed E-state index contributed by atoms with van der Waals surface area (Å²) in [5.41, 5.74) is 0.600. The third-order valence-electron chi connectivity index (χ3n) is 2.60. The van der Waals surface area contributed by atoms with Crippen molar-refractivity contribution in [3.05, 3.63) is 35.1 Å². The molecule has 1 atom stereocenters. The Kier molecular flexibility index (Phi) is 4.10. The van der Waals surface area contributed by atoms with Crippen molar-refractivity contribution in [2.45, 2.75) is 32.3 Å². The van der Waals surface area contributed by atoms with Crippen molar-refractivity contribution in [3.8, 4) is 6.07 Å². The molecule has 1 aromatic carbocycles. The number of rotatable bonds is 2. The number of hydrogen-bond donors (Lipinski definition) is 0. The van der Waals surface area contributed by atoms with Crippen LogP contribution in [0.4, 0.5) is 0 Å². The summed E-state index contributed by atoms with van der Waals surface area (Å²) in [4.78, 5) is 20.6.